The third-order valence-corrected chi connectivity index (χ3v) is 7.12. The van der Waals surface area contributed by atoms with Gasteiger partial charge in [0.05, 0.1) is 24.1 Å². The Labute approximate surface area is 179 Å². The summed E-state index contributed by atoms with van der Waals surface area (Å²) >= 11 is 12.4. The van der Waals surface area contributed by atoms with Gasteiger partial charge in [-0.05, 0) is 25.0 Å². The summed E-state index contributed by atoms with van der Waals surface area (Å²) in [4.78, 5) is 0. The molecular weight excluding hydrogens is 411 g/mol. The van der Waals surface area contributed by atoms with Crippen molar-refractivity contribution in [2.24, 2.45) is 16.7 Å². The first-order chi connectivity index (χ1) is 13.9. The molecule has 2 heterocycles. The molecule has 4 atom stereocenters. The lowest BCUT2D eigenvalue weighted by Gasteiger charge is -2.50. The molecule has 1 aromatic rings. The lowest BCUT2D eigenvalue weighted by molar-refractivity contribution is -0.289. The topological polar surface area (TPSA) is 114 Å². The molecule has 0 amide bonds. The van der Waals surface area contributed by atoms with Gasteiger partial charge in [-0.3, -0.25) is 5.41 Å². The van der Waals surface area contributed by atoms with Crippen LogP contribution in [0.15, 0.2) is 18.2 Å². The van der Waals surface area contributed by atoms with Crippen LogP contribution in [0.5, 0.6) is 0 Å². The SMILES string of the molecule is N#CC1(C#N)C(c2ccc(Cl)cc2Cl)OC23CCCCCCC2C1(C#N)C(=N)O3. The van der Waals surface area contributed by atoms with E-state index >= 15 is 0 Å². The van der Waals surface area contributed by atoms with Crippen LogP contribution in [-0.4, -0.2) is 11.7 Å². The first-order valence-electron chi connectivity index (χ1n) is 9.55. The molecule has 29 heavy (non-hydrogen) atoms. The van der Waals surface area contributed by atoms with E-state index in [0.717, 1.165) is 25.7 Å². The lowest BCUT2D eigenvalue weighted by atomic mass is 9.52. The maximum absolute atomic E-state index is 10.3. The number of ether oxygens (including phenoxy) is 2. The summed E-state index contributed by atoms with van der Waals surface area (Å²) in [6, 6.07) is 11.0. The van der Waals surface area contributed by atoms with E-state index in [0.29, 0.717) is 23.4 Å². The smallest absolute Gasteiger partial charge is 0.217 e. The Balaban J connectivity index is 2.00. The average Bonchev–Trinajstić information content (AvgIpc) is 2.85. The second-order valence-corrected chi connectivity index (χ2v) is 8.71. The molecular formula is C21H18Cl2N4O2. The van der Waals surface area contributed by atoms with Crippen LogP contribution in [0.25, 0.3) is 0 Å². The van der Waals surface area contributed by atoms with Crippen LogP contribution in [0.4, 0.5) is 0 Å². The molecule has 2 aliphatic heterocycles. The van der Waals surface area contributed by atoms with Crippen LogP contribution in [0, 0.1) is 56.2 Å². The monoisotopic (exact) mass is 428 g/mol. The normalized spacial score (nSPS) is 35.1. The first kappa shape index (κ1) is 20.0. The minimum atomic E-state index is -1.99. The van der Waals surface area contributed by atoms with Crippen molar-refractivity contribution in [1.29, 1.82) is 21.2 Å². The Bertz CT molecular complexity index is 993. The summed E-state index contributed by atoms with van der Waals surface area (Å²) in [6.07, 6.45) is 3.47. The summed E-state index contributed by atoms with van der Waals surface area (Å²) in [5, 5.41) is 40.0. The largest absolute Gasteiger partial charge is 0.447 e. The molecule has 1 N–H and O–H groups in total. The zero-order chi connectivity index (χ0) is 20.9. The Morgan fingerprint density at radius 2 is 1.76 bits per heavy atom. The number of hydrogen-bond donors (Lipinski definition) is 1. The van der Waals surface area contributed by atoms with Gasteiger partial charge in [0.1, 0.15) is 6.10 Å². The van der Waals surface area contributed by atoms with Crippen molar-refractivity contribution in [3.8, 4) is 18.2 Å². The number of nitrogens with one attached hydrogen (secondary N) is 1. The fourth-order valence-electron chi connectivity index (χ4n) is 5.21. The van der Waals surface area contributed by atoms with E-state index in [-0.39, 0.29) is 10.9 Å². The van der Waals surface area contributed by atoms with Gasteiger partial charge in [0.2, 0.25) is 17.1 Å². The molecule has 148 valence electrons. The zero-order valence-corrected chi connectivity index (χ0v) is 17.1. The molecule has 0 spiro atoms. The van der Waals surface area contributed by atoms with E-state index in [2.05, 4.69) is 18.2 Å². The van der Waals surface area contributed by atoms with Gasteiger partial charge in [0.15, 0.2) is 5.41 Å². The average molecular weight is 429 g/mol. The standard InChI is InChI=1S/C21H18Cl2N4O2/c22-13-6-7-14(15(23)9-13)17-19(10-24,11-25)20(12-26)16-5-3-1-2-4-8-21(16,28-17)29-18(20)27/h6-7,9,16-17,27H,1-5,8H2. The molecule has 4 rings (SSSR count). The lowest BCUT2D eigenvalue weighted by Crippen LogP contribution is -2.59. The van der Waals surface area contributed by atoms with Gasteiger partial charge < -0.3 is 9.47 Å². The molecule has 2 bridgehead atoms. The van der Waals surface area contributed by atoms with E-state index in [4.69, 9.17) is 38.1 Å². The van der Waals surface area contributed by atoms with Crippen molar-refractivity contribution in [3.05, 3.63) is 33.8 Å². The van der Waals surface area contributed by atoms with Gasteiger partial charge >= 0.3 is 0 Å². The van der Waals surface area contributed by atoms with Crippen molar-refractivity contribution in [2.45, 2.75) is 50.4 Å². The number of rotatable bonds is 1. The maximum atomic E-state index is 10.3. The van der Waals surface area contributed by atoms with Gasteiger partial charge in [0.25, 0.3) is 0 Å². The van der Waals surface area contributed by atoms with Crippen LogP contribution < -0.4 is 0 Å². The van der Waals surface area contributed by atoms with Crippen molar-refractivity contribution < 1.29 is 9.47 Å². The van der Waals surface area contributed by atoms with Crippen LogP contribution in [0.2, 0.25) is 10.0 Å². The Morgan fingerprint density at radius 1 is 1.03 bits per heavy atom. The summed E-state index contributed by atoms with van der Waals surface area (Å²) in [5.41, 5.74) is -3.34. The fourth-order valence-corrected chi connectivity index (χ4v) is 5.72. The van der Waals surface area contributed by atoms with Crippen molar-refractivity contribution in [3.63, 3.8) is 0 Å². The molecule has 0 aromatic heterocycles. The first-order valence-corrected chi connectivity index (χ1v) is 10.3. The Hall–Kier alpha value is -2.30. The van der Waals surface area contributed by atoms with Crippen molar-refractivity contribution >= 4 is 29.1 Å². The molecule has 0 radical (unpaired) electrons. The van der Waals surface area contributed by atoms with E-state index in [1.807, 2.05) is 0 Å². The summed E-state index contributed by atoms with van der Waals surface area (Å²) in [7, 11) is 0. The van der Waals surface area contributed by atoms with Crippen molar-refractivity contribution in [2.75, 3.05) is 0 Å². The number of halogens is 2. The molecule has 6 nitrogen and oxygen atoms in total. The van der Waals surface area contributed by atoms with Gasteiger partial charge in [0, 0.05) is 22.0 Å². The number of nitrogens with zero attached hydrogens (tertiary/aromatic N) is 3. The van der Waals surface area contributed by atoms with Crippen LogP contribution >= 0.6 is 23.2 Å². The van der Waals surface area contributed by atoms with E-state index in [9.17, 15) is 15.8 Å². The van der Waals surface area contributed by atoms with Crippen LogP contribution in [0.1, 0.15) is 50.2 Å². The third-order valence-electron chi connectivity index (χ3n) is 6.56. The second kappa shape index (κ2) is 6.89. The molecule has 3 fully saturated rings. The summed E-state index contributed by atoms with van der Waals surface area (Å²) in [5.74, 6) is -2.16. The fraction of sp³-hybridized carbons (Fsp3) is 0.524. The Morgan fingerprint density at radius 3 is 2.41 bits per heavy atom. The van der Waals surface area contributed by atoms with Crippen molar-refractivity contribution in [1.82, 2.24) is 0 Å². The number of benzene rings is 1. The minimum absolute atomic E-state index is 0.233. The van der Waals surface area contributed by atoms with Crippen LogP contribution in [-0.2, 0) is 9.47 Å². The van der Waals surface area contributed by atoms with E-state index < -0.39 is 28.6 Å². The van der Waals surface area contributed by atoms with Gasteiger partial charge in [-0.2, -0.15) is 15.8 Å². The van der Waals surface area contributed by atoms with E-state index in [1.165, 1.54) is 6.07 Å². The Kier molecular flexibility index (Phi) is 4.75. The quantitative estimate of drug-likeness (QED) is 0.652. The minimum Gasteiger partial charge on any atom is -0.447 e. The van der Waals surface area contributed by atoms with Crippen LogP contribution in [0.3, 0.4) is 0 Å². The summed E-state index contributed by atoms with van der Waals surface area (Å²) < 4.78 is 12.4. The molecule has 1 aliphatic carbocycles. The molecule has 4 unspecified atom stereocenters. The molecule has 1 saturated carbocycles. The highest BCUT2D eigenvalue weighted by atomic mass is 35.5. The number of hydrogen-bond acceptors (Lipinski definition) is 6. The molecule has 8 heteroatoms. The van der Waals surface area contributed by atoms with Gasteiger partial charge in [-0.25, -0.2) is 0 Å². The van der Waals surface area contributed by atoms with Gasteiger partial charge in [-0.15, -0.1) is 0 Å². The highest BCUT2D eigenvalue weighted by Gasteiger charge is 2.80. The summed E-state index contributed by atoms with van der Waals surface area (Å²) in [6.45, 7) is 0. The third kappa shape index (κ3) is 2.45. The van der Waals surface area contributed by atoms with Gasteiger partial charge in [-0.1, -0.05) is 48.5 Å². The number of nitriles is 3. The zero-order valence-electron chi connectivity index (χ0n) is 15.5. The highest BCUT2D eigenvalue weighted by Crippen LogP contribution is 2.69. The van der Waals surface area contributed by atoms with E-state index in [1.54, 1.807) is 12.1 Å². The maximum Gasteiger partial charge on any atom is 0.217 e. The molecule has 3 aliphatic rings. The molecule has 1 aromatic carbocycles. The highest BCUT2D eigenvalue weighted by molar-refractivity contribution is 6.35. The predicted molar refractivity (Wildman–Crippen MR) is 105 cm³/mol. The molecule has 2 saturated heterocycles. The second-order valence-electron chi connectivity index (χ2n) is 7.86. The predicted octanol–water partition coefficient (Wildman–Crippen LogP) is 5.28.